The van der Waals surface area contributed by atoms with Crippen molar-refractivity contribution in [2.75, 3.05) is 45.6 Å². The van der Waals surface area contributed by atoms with Gasteiger partial charge in [-0.15, -0.1) is 0 Å². The van der Waals surface area contributed by atoms with Crippen molar-refractivity contribution >= 4 is 39.6 Å². The summed E-state index contributed by atoms with van der Waals surface area (Å²) in [6, 6.07) is 15.4. The summed E-state index contributed by atoms with van der Waals surface area (Å²) in [6.07, 6.45) is 0.677. The van der Waals surface area contributed by atoms with Crippen LogP contribution in [0.2, 0.25) is 0 Å². The number of amides is 1. The Hall–Kier alpha value is -4.22. The summed E-state index contributed by atoms with van der Waals surface area (Å²) < 4.78 is 18.8. The number of carbonyl (C=O) groups is 2. The molecule has 0 radical (unpaired) electrons. The Bertz CT molecular complexity index is 1610. The van der Waals surface area contributed by atoms with Crippen molar-refractivity contribution < 1.29 is 23.8 Å². The van der Waals surface area contributed by atoms with E-state index < -0.39 is 11.6 Å². The molecule has 0 aliphatic carbocycles. The molecule has 0 bridgehead atoms. The van der Waals surface area contributed by atoms with Gasteiger partial charge in [-0.2, -0.15) is 0 Å². The molecule has 4 aromatic rings. The number of para-hydroxylation sites is 1. The first-order valence-electron chi connectivity index (χ1n) is 15.6. The number of carbonyl (C=O) groups excluding carboxylic acids is 2. The van der Waals surface area contributed by atoms with Gasteiger partial charge in [-0.25, -0.2) is 14.8 Å². The number of hydrogen-bond acceptors (Lipinski definition) is 9. The van der Waals surface area contributed by atoms with Gasteiger partial charge in [0.15, 0.2) is 11.4 Å². The molecule has 0 atom stereocenters. The fourth-order valence-electron chi connectivity index (χ4n) is 5.41. The number of anilines is 1. The zero-order valence-corrected chi connectivity index (χ0v) is 27.3. The van der Waals surface area contributed by atoms with Crippen LogP contribution in [0.5, 0.6) is 5.75 Å². The minimum atomic E-state index is -1.15. The van der Waals surface area contributed by atoms with E-state index in [1.165, 1.54) is 7.11 Å². The largest absolute Gasteiger partial charge is 0.476 e. The van der Waals surface area contributed by atoms with Crippen LogP contribution in [0.15, 0.2) is 48.5 Å². The summed E-state index contributed by atoms with van der Waals surface area (Å²) in [5, 5.41) is 0.970. The molecular weight excluding hydrogens is 572 g/mol. The molecular formula is C34H46N6O5. The first kappa shape index (κ1) is 33.7. The number of aryl methyl sites for hydroxylation is 1. The minimum absolute atomic E-state index is 0.0452. The smallest absolute Gasteiger partial charge is 0.349 e. The number of nitrogens with two attached hydrogens (primary N) is 1. The first-order chi connectivity index (χ1) is 21.6. The highest BCUT2D eigenvalue weighted by atomic mass is 16.6. The summed E-state index contributed by atoms with van der Waals surface area (Å²) in [6.45, 7) is 13.7. The molecule has 0 fully saturated rings. The summed E-state index contributed by atoms with van der Waals surface area (Å²) in [5.41, 5.74) is 8.50. The monoisotopic (exact) mass is 618 g/mol. The Balaban J connectivity index is 1.61. The molecule has 2 aromatic carbocycles. The number of nitrogen functional groups attached to an aromatic ring is 1. The fourth-order valence-corrected chi connectivity index (χ4v) is 5.41. The Labute approximate surface area is 265 Å². The molecule has 11 heteroatoms. The highest BCUT2D eigenvalue weighted by Crippen LogP contribution is 2.29. The van der Waals surface area contributed by atoms with Crippen molar-refractivity contribution in [3.8, 4) is 5.75 Å². The molecule has 4 rings (SSSR count). The van der Waals surface area contributed by atoms with Crippen molar-refractivity contribution in [3.63, 3.8) is 0 Å². The van der Waals surface area contributed by atoms with Crippen molar-refractivity contribution in [3.05, 3.63) is 59.9 Å². The third kappa shape index (κ3) is 8.09. The number of esters is 1. The van der Waals surface area contributed by atoms with Crippen molar-refractivity contribution in [2.24, 2.45) is 0 Å². The number of benzene rings is 2. The third-order valence-corrected chi connectivity index (χ3v) is 7.86. The van der Waals surface area contributed by atoms with Crippen molar-refractivity contribution in [2.45, 2.75) is 66.3 Å². The number of nitrogens with zero attached hydrogens (tertiary/aromatic N) is 5. The second-order valence-electron chi connectivity index (χ2n) is 11.4. The lowest BCUT2D eigenvalue weighted by Crippen LogP contribution is -2.40. The molecule has 0 saturated heterocycles. The molecule has 1 amide bonds. The number of aromatic nitrogens is 3. The fraction of sp³-hybridized carbons (Fsp3) is 0.471. The van der Waals surface area contributed by atoms with Crippen LogP contribution in [0.3, 0.4) is 0 Å². The Morgan fingerprint density at radius 2 is 1.78 bits per heavy atom. The summed E-state index contributed by atoms with van der Waals surface area (Å²) in [4.78, 5) is 39.3. The molecule has 2 N–H and O–H groups in total. The maximum Gasteiger partial charge on any atom is 0.349 e. The average Bonchev–Trinajstić information content (AvgIpc) is 3.40. The van der Waals surface area contributed by atoms with Gasteiger partial charge in [-0.1, -0.05) is 44.2 Å². The number of rotatable bonds is 16. The summed E-state index contributed by atoms with van der Waals surface area (Å²) >= 11 is 0. The van der Waals surface area contributed by atoms with E-state index in [0.717, 1.165) is 40.9 Å². The van der Waals surface area contributed by atoms with Crippen LogP contribution in [0.1, 0.15) is 52.4 Å². The van der Waals surface area contributed by atoms with Crippen LogP contribution in [0.25, 0.3) is 21.9 Å². The van der Waals surface area contributed by atoms with Crippen molar-refractivity contribution in [1.82, 2.24) is 24.3 Å². The Morgan fingerprint density at radius 3 is 2.49 bits per heavy atom. The number of methoxy groups -OCH3 is 1. The van der Waals surface area contributed by atoms with E-state index in [1.807, 2.05) is 54.3 Å². The van der Waals surface area contributed by atoms with Gasteiger partial charge in [0.05, 0.1) is 24.7 Å². The van der Waals surface area contributed by atoms with Crippen LogP contribution in [-0.2, 0) is 38.8 Å². The van der Waals surface area contributed by atoms with Crippen molar-refractivity contribution in [1.29, 1.82) is 0 Å². The zero-order valence-electron chi connectivity index (χ0n) is 27.3. The number of likely N-dealkylation sites (N-methyl/N-ethyl adjacent to an activating group) is 1. The first-order valence-corrected chi connectivity index (χ1v) is 15.6. The quantitative estimate of drug-likeness (QED) is 0.176. The van der Waals surface area contributed by atoms with Gasteiger partial charge in [0, 0.05) is 31.6 Å². The number of pyridine rings is 1. The van der Waals surface area contributed by atoms with Gasteiger partial charge in [-0.05, 0) is 64.0 Å². The van der Waals surface area contributed by atoms with Crippen LogP contribution in [0.4, 0.5) is 5.82 Å². The zero-order chi connectivity index (χ0) is 32.6. The third-order valence-electron chi connectivity index (χ3n) is 7.86. The molecule has 0 saturated carbocycles. The second-order valence-corrected chi connectivity index (χ2v) is 11.4. The number of imidazole rings is 1. The molecule has 0 aliphatic rings. The Morgan fingerprint density at radius 1 is 1.02 bits per heavy atom. The standard InChI is InChI=1S/C34H46N6O5/c1-7-38(8-2)22-29(41)39(21-24-14-12-15-25(20-24)45-34(4,5)33(42)43-6)18-13-19-40-28(23-44-9-3)37-30-31(40)26-16-10-11-17-27(26)36-32(30)35/h10-12,14-17,20H,7-9,13,18-19,21-23H2,1-6H3,(H2,35,36). The van der Waals surface area contributed by atoms with Gasteiger partial charge < -0.3 is 29.4 Å². The SMILES string of the molecule is CCOCc1nc2c(N)nc3ccccc3c2n1CCCN(Cc1cccc(OC(C)(C)C(=O)OC)c1)C(=O)CN(CC)CC. The van der Waals surface area contributed by atoms with E-state index in [2.05, 4.69) is 28.3 Å². The average molecular weight is 619 g/mol. The van der Waals surface area contributed by atoms with Gasteiger partial charge in [0.1, 0.15) is 23.7 Å². The minimum Gasteiger partial charge on any atom is -0.476 e. The molecule has 0 spiro atoms. The van der Waals surface area contributed by atoms with Gasteiger partial charge in [0.2, 0.25) is 5.91 Å². The predicted molar refractivity (Wildman–Crippen MR) is 176 cm³/mol. The van der Waals surface area contributed by atoms with Crippen LogP contribution in [0, 0.1) is 0 Å². The molecule has 2 aromatic heterocycles. The van der Waals surface area contributed by atoms with Crippen LogP contribution < -0.4 is 10.5 Å². The van der Waals surface area contributed by atoms with E-state index in [0.29, 0.717) is 62.9 Å². The highest BCUT2D eigenvalue weighted by molar-refractivity contribution is 6.06. The van der Waals surface area contributed by atoms with Gasteiger partial charge in [0.25, 0.3) is 0 Å². The maximum absolute atomic E-state index is 13.7. The van der Waals surface area contributed by atoms with E-state index in [4.69, 9.17) is 24.9 Å². The lowest BCUT2D eigenvalue weighted by molar-refractivity contribution is -0.156. The number of hydrogen-bond donors (Lipinski definition) is 1. The lowest BCUT2D eigenvalue weighted by Gasteiger charge is -2.27. The summed E-state index contributed by atoms with van der Waals surface area (Å²) in [7, 11) is 1.34. The van der Waals surface area contributed by atoms with Crippen LogP contribution in [-0.4, -0.2) is 81.7 Å². The molecule has 11 nitrogen and oxygen atoms in total. The molecule has 0 unspecified atom stereocenters. The topological polar surface area (TPSA) is 125 Å². The number of fused-ring (bicyclic) bond motifs is 3. The molecule has 45 heavy (non-hydrogen) atoms. The molecule has 0 aliphatic heterocycles. The van der Waals surface area contributed by atoms with E-state index in [9.17, 15) is 9.59 Å². The Kier molecular flexibility index (Phi) is 11.4. The second kappa shape index (κ2) is 15.2. The van der Waals surface area contributed by atoms with E-state index >= 15 is 0 Å². The van der Waals surface area contributed by atoms with E-state index in [-0.39, 0.29) is 5.91 Å². The normalized spacial score (nSPS) is 11.8. The van der Waals surface area contributed by atoms with E-state index in [1.54, 1.807) is 19.9 Å². The molecule has 2 heterocycles. The predicted octanol–water partition coefficient (Wildman–Crippen LogP) is 4.79. The lowest BCUT2D eigenvalue weighted by atomic mass is 10.1. The molecule has 242 valence electrons. The summed E-state index contributed by atoms with van der Waals surface area (Å²) in [5.74, 6) is 1.26. The number of ether oxygens (including phenoxy) is 3. The van der Waals surface area contributed by atoms with Gasteiger partial charge >= 0.3 is 5.97 Å². The van der Waals surface area contributed by atoms with Gasteiger partial charge in [-0.3, -0.25) is 9.69 Å². The maximum atomic E-state index is 13.7. The highest BCUT2D eigenvalue weighted by Gasteiger charge is 2.31. The van der Waals surface area contributed by atoms with Crippen LogP contribution >= 0.6 is 0 Å².